The zero-order chi connectivity index (χ0) is 18.9. The molecule has 0 radical (unpaired) electrons. The van der Waals surface area contributed by atoms with Crippen molar-refractivity contribution in [2.75, 3.05) is 37.9 Å². The molecule has 1 spiro atoms. The van der Waals surface area contributed by atoms with Crippen LogP contribution in [0.3, 0.4) is 0 Å². The lowest BCUT2D eigenvalue weighted by Crippen LogP contribution is -2.58. The molecule has 0 atom stereocenters. The number of nitrogens with one attached hydrogen (secondary N) is 2. The molecule has 0 aromatic heterocycles. The quantitative estimate of drug-likeness (QED) is 0.869. The molecule has 142 valence electrons. The van der Waals surface area contributed by atoms with E-state index in [0.717, 1.165) is 60.9 Å². The number of amides is 1. The van der Waals surface area contributed by atoms with Gasteiger partial charge in [-0.2, -0.15) is 0 Å². The van der Waals surface area contributed by atoms with Gasteiger partial charge in [0.25, 0.3) is 0 Å². The third-order valence-electron chi connectivity index (χ3n) is 5.57. The van der Waals surface area contributed by atoms with E-state index in [-0.39, 0.29) is 5.91 Å². The van der Waals surface area contributed by atoms with Gasteiger partial charge in [0.2, 0.25) is 5.91 Å². The van der Waals surface area contributed by atoms with Gasteiger partial charge < -0.3 is 20.1 Å². The monoisotopic (exact) mass is 367 g/mol. The molecule has 1 fully saturated rings. The lowest BCUT2D eigenvalue weighted by molar-refractivity contribution is -0.122. The molecule has 0 bridgehead atoms. The number of likely N-dealkylation sites (tertiary alicyclic amines) is 1. The van der Waals surface area contributed by atoms with Gasteiger partial charge in [-0.15, -0.1) is 0 Å². The fourth-order valence-electron chi connectivity index (χ4n) is 4.02. The van der Waals surface area contributed by atoms with E-state index in [9.17, 15) is 4.79 Å². The Labute approximate surface area is 159 Å². The van der Waals surface area contributed by atoms with Crippen molar-refractivity contribution < 1.29 is 14.3 Å². The zero-order valence-electron chi connectivity index (χ0n) is 15.7. The van der Waals surface area contributed by atoms with Gasteiger partial charge in [-0.05, 0) is 31.0 Å². The van der Waals surface area contributed by atoms with E-state index in [1.807, 2.05) is 36.4 Å². The van der Waals surface area contributed by atoms with Crippen molar-refractivity contribution in [3.63, 3.8) is 0 Å². The largest absolute Gasteiger partial charge is 0.493 e. The van der Waals surface area contributed by atoms with E-state index < -0.39 is 5.54 Å². The Morgan fingerprint density at radius 1 is 1.00 bits per heavy atom. The number of methoxy groups -OCH3 is 2. The minimum absolute atomic E-state index is 0.0693. The van der Waals surface area contributed by atoms with Crippen LogP contribution in [0.5, 0.6) is 11.5 Å². The van der Waals surface area contributed by atoms with Crippen LogP contribution in [-0.4, -0.2) is 43.7 Å². The fraction of sp³-hybridized carbons (Fsp3) is 0.381. The molecule has 2 aromatic carbocycles. The third kappa shape index (κ3) is 3.21. The van der Waals surface area contributed by atoms with E-state index in [4.69, 9.17) is 9.47 Å². The fourth-order valence-corrected chi connectivity index (χ4v) is 4.02. The summed E-state index contributed by atoms with van der Waals surface area (Å²) in [4.78, 5) is 15.1. The maximum absolute atomic E-state index is 12.8. The summed E-state index contributed by atoms with van der Waals surface area (Å²) >= 11 is 0. The molecule has 6 nitrogen and oxygen atoms in total. The molecule has 1 amide bonds. The highest BCUT2D eigenvalue weighted by Crippen LogP contribution is 2.37. The van der Waals surface area contributed by atoms with E-state index in [1.165, 1.54) is 0 Å². The van der Waals surface area contributed by atoms with Crippen molar-refractivity contribution in [1.29, 1.82) is 0 Å². The van der Waals surface area contributed by atoms with Crippen LogP contribution in [0.25, 0.3) is 0 Å². The standard InChI is InChI=1S/C21H25N3O3/c1-26-18-9-5-6-15(19(18)27-2)14-24-12-10-21(11-13-24)20(25)22-16-7-3-4-8-17(16)23-21/h3-9,23H,10-14H2,1-2H3,(H,22,25). The predicted molar refractivity (Wildman–Crippen MR) is 105 cm³/mol. The second kappa shape index (κ2) is 7.12. The molecule has 0 aliphatic carbocycles. The van der Waals surface area contributed by atoms with E-state index in [2.05, 4.69) is 21.6 Å². The van der Waals surface area contributed by atoms with Crippen molar-refractivity contribution in [2.24, 2.45) is 0 Å². The number of hydrogen-bond acceptors (Lipinski definition) is 5. The summed E-state index contributed by atoms with van der Waals surface area (Å²) < 4.78 is 10.9. The van der Waals surface area contributed by atoms with Crippen LogP contribution in [0.4, 0.5) is 11.4 Å². The number of fused-ring (bicyclic) bond motifs is 1. The molecular weight excluding hydrogens is 342 g/mol. The number of carbonyl (C=O) groups is 1. The maximum Gasteiger partial charge on any atom is 0.250 e. The van der Waals surface area contributed by atoms with Crippen LogP contribution in [0, 0.1) is 0 Å². The lowest BCUT2D eigenvalue weighted by Gasteiger charge is -2.44. The number of carbonyl (C=O) groups excluding carboxylic acids is 1. The molecule has 2 aliphatic rings. The molecule has 2 aliphatic heterocycles. The Balaban J connectivity index is 1.46. The topological polar surface area (TPSA) is 62.8 Å². The van der Waals surface area contributed by atoms with Gasteiger partial charge in [0.1, 0.15) is 5.54 Å². The summed E-state index contributed by atoms with van der Waals surface area (Å²) in [7, 11) is 3.32. The second-order valence-corrected chi connectivity index (χ2v) is 7.14. The van der Waals surface area contributed by atoms with Gasteiger partial charge in [0, 0.05) is 25.2 Å². The minimum Gasteiger partial charge on any atom is -0.493 e. The first-order chi connectivity index (χ1) is 13.1. The molecule has 2 heterocycles. The summed E-state index contributed by atoms with van der Waals surface area (Å²) in [5, 5.41) is 6.57. The van der Waals surface area contributed by atoms with E-state index >= 15 is 0 Å². The van der Waals surface area contributed by atoms with Crippen LogP contribution in [0.15, 0.2) is 42.5 Å². The Morgan fingerprint density at radius 3 is 2.44 bits per heavy atom. The Morgan fingerprint density at radius 2 is 1.74 bits per heavy atom. The number of hydrogen-bond donors (Lipinski definition) is 2. The molecule has 4 rings (SSSR count). The summed E-state index contributed by atoms with van der Waals surface area (Å²) in [6.45, 7) is 2.45. The summed E-state index contributed by atoms with van der Waals surface area (Å²) in [6, 6.07) is 13.8. The number of benzene rings is 2. The highest BCUT2D eigenvalue weighted by atomic mass is 16.5. The number of para-hydroxylation sites is 3. The van der Waals surface area contributed by atoms with Crippen LogP contribution in [-0.2, 0) is 11.3 Å². The Bertz CT molecular complexity index is 844. The summed E-state index contributed by atoms with van der Waals surface area (Å²) in [6.07, 6.45) is 1.53. The SMILES string of the molecule is COc1cccc(CN2CCC3(CC2)Nc2ccccc2NC3=O)c1OC. The normalized spacial score (nSPS) is 18.4. The zero-order valence-corrected chi connectivity index (χ0v) is 15.7. The number of anilines is 2. The van der Waals surface area contributed by atoms with Crippen LogP contribution in [0.1, 0.15) is 18.4 Å². The van der Waals surface area contributed by atoms with Crippen molar-refractivity contribution in [2.45, 2.75) is 24.9 Å². The van der Waals surface area contributed by atoms with Crippen molar-refractivity contribution >= 4 is 17.3 Å². The molecule has 6 heteroatoms. The third-order valence-corrected chi connectivity index (χ3v) is 5.57. The van der Waals surface area contributed by atoms with Crippen LogP contribution in [0.2, 0.25) is 0 Å². The summed E-state index contributed by atoms with van der Waals surface area (Å²) in [5.74, 6) is 1.59. The molecule has 1 saturated heterocycles. The number of rotatable bonds is 4. The summed E-state index contributed by atoms with van der Waals surface area (Å²) in [5.41, 5.74) is 2.43. The van der Waals surface area contributed by atoms with Gasteiger partial charge in [-0.1, -0.05) is 24.3 Å². The lowest BCUT2D eigenvalue weighted by atomic mass is 9.84. The first-order valence-corrected chi connectivity index (χ1v) is 9.26. The Kier molecular flexibility index (Phi) is 4.66. The van der Waals surface area contributed by atoms with Crippen molar-refractivity contribution in [3.05, 3.63) is 48.0 Å². The molecule has 0 unspecified atom stereocenters. The second-order valence-electron chi connectivity index (χ2n) is 7.14. The highest BCUT2D eigenvalue weighted by molar-refractivity contribution is 6.06. The molecule has 0 saturated carbocycles. The average molecular weight is 367 g/mol. The minimum atomic E-state index is -0.524. The molecule has 2 N–H and O–H groups in total. The van der Waals surface area contributed by atoms with E-state index in [1.54, 1.807) is 14.2 Å². The van der Waals surface area contributed by atoms with Gasteiger partial charge in [-0.3, -0.25) is 9.69 Å². The van der Waals surface area contributed by atoms with Gasteiger partial charge in [0.05, 0.1) is 25.6 Å². The van der Waals surface area contributed by atoms with Crippen LogP contribution < -0.4 is 20.1 Å². The van der Waals surface area contributed by atoms with E-state index in [0.29, 0.717) is 0 Å². The first kappa shape index (κ1) is 17.7. The average Bonchev–Trinajstić information content (AvgIpc) is 2.70. The Hall–Kier alpha value is -2.73. The van der Waals surface area contributed by atoms with Gasteiger partial charge in [-0.25, -0.2) is 0 Å². The molecule has 27 heavy (non-hydrogen) atoms. The van der Waals surface area contributed by atoms with Gasteiger partial charge in [0.15, 0.2) is 11.5 Å². The molecular formula is C21H25N3O3. The number of ether oxygens (including phenoxy) is 2. The first-order valence-electron chi connectivity index (χ1n) is 9.26. The number of nitrogens with zero attached hydrogens (tertiary/aromatic N) is 1. The molecule has 2 aromatic rings. The smallest absolute Gasteiger partial charge is 0.250 e. The van der Waals surface area contributed by atoms with Gasteiger partial charge >= 0.3 is 0 Å². The number of piperidine rings is 1. The van der Waals surface area contributed by atoms with Crippen molar-refractivity contribution in [3.8, 4) is 11.5 Å². The van der Waals surface area contributed by atoms with Crippen LogP contribution >= 0.6 is 0 Å². The maximum atomic E-state index is 12.8. The van der Waals surface area contributed by atoms with Crippen molar-refractivity contribution in [1.82, 2.24) is 4.90 Å². The highest BCUT2D eigenvalue weighted by Gasteiger charge is 2.44. The predicted octanol–water partition coefficient (Wildman–Crippen LogP) is 3.10.